The van der Waals surface area contributed by atoms with Gasteiger partial charge in [0.1, 0.15) is 11.6 Å². The van der Waals surface area contributed by atoms with Gasteiger partial charge in [-0.05, 0) is 54.2 Å². The first-order valence-corrected chi connectivity index (χ1v) is 8.06. The maximum Gasteiger partial charge on any atom is 0.254 e. The third-order valence-corrected chi connectivity index (χ3v) is 4.36. The molecule has 0 aliphatic heterocycles. The van der Waals surface area contributed by atoms with E-state index in [1.807, 2.05) is 24.3 Å². The Morgan fingerprint density at radius 3 is 2.44 bits per heavy atom. The van der Waals surface area contributed by atoms with Gasteiger partial charge in [-0.15, -0.1) is 12.4 Å². The summed E-state index contributed by atoms with van der Waals surface area (Å²) in [5, 5.41) is 2.71. The minimum absolute atomic E-state index is 0. The second-order valence-electron chi connectivity index (χ2n) is 6.13. The average Bonchev–Trinajstić information content (AvgIpc) is 3.44. The molecule has 0 aromatic heterocycles. The highest BCUT2D eigenvalue weighted by atomic mass is 35.5. The van der Waals surface area contributed by atoms with E-state index in [1.165, 1.54) is 12.1 Å². The van der Waals surface area contributed by atoms with E-state index in [2.05, 4.69) is 5.32 Å². The van der Waals surface area contributed by atoms with E-state index < -0.39 is 11.7 Å². The zero-order chi connectivity index (χ0) is 17.1. The summed E-state index contributed by atoms with van der Waals surface area (Å²) in [6.07, 6.45) is 2.23. The van der Waals surface area contributed by atoms with Crippen molar-refractivity contribution in [2.24, 2.45) is 11.7 Å². The first kappa shape index (κ1) is 19.2. The van der Waals surface area contributed by atoms with E-state index in [9.17, 15) is 9.18 Å². The van der Waals surface area contributed by atoms with Crippen LogP contribution in [0.2, 0.25) is 0 Å². The molecule has 0 saturated heterocycles. The Morgan fingerprint density at radius 2 is 1.88 bits per heavy atom. The Kier molecular flexibility index (Phi) is 6.39. The van der Waals surface area contributed by atoms with Crippen molar-refractivity contribution >= 4 is 18.3 Å². The van der Waals surface area contributed by atoms with Crippen molar-refractivity contribution in [1.82, 2.24) is 5.32 Å². The minimum atomic E-state index is -0.541. The number of methoxy groups -OCH3 is 1. The highest BCUT2D eigenvalue weighted by Crippen LogP contribution is 2.31. The fraction of sp³-hybridized carbons (Fsp3) is 0.316. The van der Waals surface area contributed by atoms with Crippen molar-refractivity contribution in [3.8, 4) is 16.9 Å². The number of hydrogen-bond donors (Lipinski definition) is 2. The molecule has 1 saturated carbocycles. The molecule has 2 aromatic carbocycles. The van der Waals surface area contributed by atoms with Crippen LogP contribution >= 0.6 is 12.4 Å². The molecule has 25 heavy (non-hydrogen) atoms. The van der Waals surface area contributed by atoms with E-state index in [0.29, 0.717) is 18.0 Å². The van der Waals surface area contributed by atoms with Gasteiger partial charge in [-0.1, -0.05) is 18.2 Å². The van der Waals surface area contributed by atoms with Gasteiger partial charge < -0.3 is 15.8 Å². The van der Waals surface area contributed by atoms with E-state index in [-0.39, 0.29) is 24.0 Å². The van der Waals surface area contributed by atoms with Gasteiger partial charge in [-0.2, -0.15) is 0 Å². The number of nitrogens with two attached hydrogens (primary N) is 1. The summed E-state index contributed by atoms with van der Waals surface area (Å²) in [7, 11) is 1.59. The molecule has 3 N–H and O–H groups in total. The fourth-order valence-electron chi connectivity index (χ4n) is 2.66. The van der Waals surface area contributed by atoms with Crippen molar-refractivity contribution in [2.75, 3.05) is 13.7 Å². The lowest BCUT2D eigenvalue weighted by Gasteiger charge is -2.12. The number of benzene rings is 2. The van der Waals surface area contributed by atoms with Crippen molar-refractivity contribution in [1.29, 1.82) is 0 Å². The lowest BCUT2D eigenvalue weighted by Crippen LogP contribution is -2.38. The van der Waals surface area contributed by atoms with Gasteiger partial charge in [0.15, 0.2) is 0 Å². The van der Waals surface area contributed by atoms with E-state index in [1.54, 1.807) is 13.2 Å². The summed E-state index contributed by atoms with van der Waals surface area (Å²) >= 11 is 0. The zero-order valence-electron chi connectivity index (χ0n) is 14.0. The maximum absolute atomic E-state index is 14.3. The predicted octanol–water partition coefficient (Wildman–Crippen LogP) is 3.39. The van der Waals surface area contributed by atoms with Gasteiger partial charge in [0.25, 0.3) is 5.91 Å². The largest absolute Gasteiger partial charge is 0.497 e. The second-order valence-corrected chi connectivity index (χ2v) is 6.13. The fourth-order valence-corrected chi connectivity index (χ4v) is 2.66. The minimum Gasteiger partial charge on any atom is -0.497 e. The zero-order valence-corrected chi connectivity index (χ0v) is 14.8. The van der Waals surface area contributed by atoms with E-state index in [0.717, 1.165) is 24.2 Å². The molecule has 6 heteroatoms. The Morgan fingerprint density at radius 1 is 1.24 bits per heavy atom. The number of halogens is 2. The molecule has 4 nitrogen and oxygen atoms in total. The topological polar surface area (TPSA) is 64.3 Å². The second kappa shape index (κ2) is 8.32. The summed E-state index contributed by atoms with van der Waals surface area (Å²) in [5.74, 6) is 0.264. The monoisotopic (exact) mass is 364 g/mol. The molecule has 2 aromatic rings. The number of amides is 1. The molecule has 0 bridgehead atoms. The van der Waals surface area contributed by atoms with Gasteiger partial charge in [-0.3, -0.25) is 4.79 Å². The summed E-state index contributed by atoms with van der Waals surface area (Å²) < 4.78 is 19.4. The van der Waals surface area contributed by atoms with Crippen LogP contribution in [0.5, 0.6) is 5.75 Å². The first-order valence-electron chi connectivity index (χ1n) is 8.06. The number of nitrogens with one attached hydrogen (secondary N) is 1. The molecule has 0 spiro atoms. The Labute approximate surface area is 153 Å². The van der Waals surface area contributed by atoms with Gasteiger partial charge in [0.2, 0.25) is 0 Å². The Hall–Kier alpha value is -2.11. The average molecular weight is 365 g/mol. The summed E-state index contributed by atoms with van der Waals surface area (Å²) in [6, 6.07) is 11.9. The predicted molar refractivity (Wildman–Crippen MR) is 98.7 cm³/mol. The van der Waals surface area contributed by atoms with Crippen molar-refractivity contribution in [2.45, 2.75) is 18.9 Å². The molecule has 0 heterocycles. The number of hydrogen-bond acceptors (Lipinski definition) is 3. The number of carbonyl (C=O) groups excluding carboxylic acids is 1. The van der Waals surface area contributed by atoms with Crippen LogP contribution < -0.4 is 15.8 Å². The lowest BCUT2D eigenvalue weighted by molar-refractivity contribution is 0.0946. The first-order chi connectivity index (χ1) is 11.6. The van der Waals surface area contributed by atoms with Crippen LogP contribution in [-0.4, -0.2) is 25.6 Å². The van der Waals surface area contributed by atoms with Crippen LogP contribution in [0.25, 0.3) is 11.1 Å². The van der Waals surface area contributed by atoms with Gasteiger partial charge in [-0.25, -0.2) is 4.39 Å². The molecule has 1 aliphatic rings. The van der Waals surface area contributed by atoms with E-state index in [4.69, 9.17) is 10.5 Å². The Bertz CT molecular complexity index is 733. The molecule has 1 aliphatic carbocycles. The van der Waals surface area contributed by atoms with E-state index >= 15 is 0 Å². The molecule has 1 unspecified atom stereocenters. The van der Waals surface area contributed by atoms with Gasteiger partial charge >= 0.3 is 0 Å². The van der Waals surface area contributed by atoms with Gasteiger partial charge in [0.05, 0.1) is 12.7 Å². The van der Waals surface area contributed by atoms with Crippen LogP contribution in [0.15, 0.2) is 42.5 Å². The van der Waals surface area contributed by atoms with Gasteiger partial charge in [0, 0.05) is 12.6 Å². The van der Waals surface area contributed by atoms with Crippen molar-refractivity contribution < 1.29 is 13.9 Å². The van der Waals surface area contributed by atoms with Crippen LogP contribution in [0.4, 0.5) is 4.39 Å². The highest BCUT2D eigenvalue weighted by Gasteiger charge is 2.28. The summed E-state index contributed by atoms with van der Waals surface area (Å²) in [5.41, 5.74) is 7.55. The number of rotatable bonds is 6. The summed E-state index contributed by atoms with van der Waals surface area (Å²) in [4.78, 5) is 12.1. The molecule has 3 rings (SSSR count). The number of ether oxygens (including phenoxy) is 1. The van der Waals surface area contributed by atoms with Crippen LogP contribution in [-0.2, 0) is 0 Å². The third-order valence-electron chi connectivity index (χ3n) is 4.36. The standard InChI is InChI=1S/C19H21FN2O2.ClH/c1-24-15-7-4-12(5-8-15)14-6-9-16(17(20)10-14)19(23)22-11-18(21)13-2-3-13;/h4-10,13,18H,2-3,11,21H2,1H3,(H,22,23);1H. The molecule has 1 fully saturated rings. The van der Waals surface area contributed by atoms with Crippen LogP contribution in [0.3, 0.4) is 0 Å². The molecule has 1 atom stereocenters. The third kappa shape index (κ3) is 4.71. The molecular formula is C19H22ClFN2O2. The lowest BCUT2D eigenvalue weighted by atomic mass is 10.0. The maximum atomic E-state index is 14.3. The molecular weight excluding hydrogens is 343 g/mol. The highest BCUT2D eigenvalue weighted by molar-refractivity contribution is 5.95. The Balaban J connectivity index is 0.00000225. The normalized spacial score (nSPS) is 14.4. The number of carbonyl (C=O) groups is 1. The molecule has 1 amide bonds. The van der Waals surface area contributed by atoms with Crippen molar-refractivity contribution in [3.05, 3.63) is 53.8 Å². The molecule has 134 valence electrons. The van der Waals surface area contributed by atoms with Crippen LogP contribution in [0, 0.1) is 11.7 Å². The smallest absolute Gasteiger partial charge is 0.254 e. The summed E-state index contributed by atoms with van der Waals surface area (Å²) in [6.45, 7) is 0.378. The van der Waals surface area contributed by atoms with Crippen molar-refractivity contribution in [3.63, 3.8) is 0 Å². The quantitative estimate of drug-likeness (QED) is 0.825. The SMILES string of the molecule is COc1ccc(-c2ccc(C(=O)NCC(N)C3CC3)c(F)c2)cc1.Cl. The molecule has 0 radical (unpaired) electrons. The van der Waals surface area contributed by atoms with Crippen LogP contribution in [0.1, 0.15) is 23.2 Å².